The minimum absolute atomic E-state index is 0.234. The summed E-state index contributed by atoms with van der Waals surface area (Å²) in [7, 11) is 0. The molecule has 6 nitrogen and oxygen atoms in total. The summed E-state index contributed by atoms with van der Waals surface area (Å²) in [6.45, 7) is 7.04. The molecule has 2 heterocycles. The maximum absolute atomic E-state index is 10.0. The summed E-state index contributed by atoms with van der Waals surface area (Å²) in [5.41, 5.74) is 0.722. The average Bonchev–Trinajstić information content (AvgIpc) is 2.87. The Morgan fingerprint density at radius 3 is 2.71 bits per heavy atom. The lowest BCUT2D eigenvalue weighted by atomic mass is 10.2. The third-order valence-electron chi connectivity index (χ3n) is 3.65. The van der Waals surface area contributed by atoms with E-state index in [2.05, 4.69) is 15.0 Å². The largest absolute Gasteiger partial charge is 0.507 e. The molecule has 0 aliphatic carbocycles. The Labute approximate surface area is 124 Å². The van der Waals surface area contributed by atoms with Crippen LogP contribution < -0.4 is 0 Å². The van der Waals surface area contributed by atoms with Crippen molar-refractivity contribution in [1.82, 2.24) is 19.7 Å². The van der Waals surface area contributed by atoms with E-state index in [9.17, 15) is 5.11 Å². The molecule has 0 spiro atoms. The molecule has 112 valence electrons. The minimum atomic E-state index is 0.234. The number of phenolic OH excluding ortho intramolecular Hbond substituents is 1. The lowest BCUT2D eigenvalue weighted by Crippen LogP contribution is -2.38. The number of aromatic hydroxyl groups is 1. The van der Waals surface area contributed by atoms with Crippen LogP contribution in [-0.2, 0) is 11.3 Å². The molecule has 1 aliphatic heterocycles. The number of ether oxygens (including phenoxy) is 1. The molecular formula is C15H20N4O2. The van der Waals surface area contributed by atoms with Crippen LogP contribution in [0.15, 0.2) is 24.3 Å². The van der Waals surface area contributed by atoms with E-state index < -0.39 is 0 Å². The highest BCUT2D eigenvalue weighted by atomic mass is 16.5. The summed E-state index contributed by atoms with van der Waals surface area (Å²) in [6, 6.07) is 7.24. The van der Waals surface area contributed by atoms with E-state index in [0.29, 0.717) is 0 Å². The van der Waals surface area contributed by atoms with E-state index in [0.717, 1.165) is 56.6 Å². The van der Waals surface area contributed by atoms with E-state index in [1.54, 1.807) is 12.1 Å². The first-order valence-electron chi connectivity index (χ1n) is 7.24. The van der Waals surface area contributed by atoms with Gasteiger partial charge in [0.05, 0.1) is 25.3 Å². The number of aromatic nitrogens is 3. The Morgan fingerprint density at radius 2 is 1.95 bits per heavy atom. The summed E-state index contributed by atoms with van der Waals surface area (Å²) in [5, 5.41) is 14.5. The fraction of sp³-hybridized carbons (Fsp3) is 0.467. The van der Waals surface area contributed by atoms with Crippen molar-refractivity contribution in [2.45, 2.75) is 13.5 Å². The van der Waals surface area contributed by atoms with E-state index in [1.165, 1.54) is 0 Å². The molecule has 0 bridgehead atoms. The van der Waals surface area contributed by atoms with Gasteiger partial charge in [-0.05, 0) is 19.1 Å². The van der Waals surface area contributed by atoms with Crippen molar-refractivity contribution in [2.24, 2.45) is 0 Å². The second-order valence-electron chi connectivity index (χ2n) is 5.18. The number of nitrogens with zero attached hydrogens (tertiary/aromatic N) is 4. The second kappa shape index (κ2) is 6.24. The molecule has 1 aromatic heterocycles. The van der Waals surface area contributed by atoms with Crippen LogP contribution in [-0.4, -0.2) is 57.6 Å². The number of phenols is 1. The van der Waals surface area contributed by atoms with Gasteiger partial charge in [0.2, 0.25) is 0 Å². The van der Waals surface area contributed by atoms with Crippen molar-refractivity contribution < 1.29 is 9.84 Å². The van der Waals surface area contributed by atoms with Crippen LogP contribution in [0.25, 0.3) is 11.4 Å². The van der Waals surface area contributed by atoms with Crippen LogP contribution in [0.4, 0.5) is 0 Å². The first-order valence-corrected chi connectivity index (χ1v) is 7.24. The maximum Gasteiger partial charge on any atom is 0.162 e. The topological polar surface area (TPSA) is 63.4 Å². The van der Waals surface area contributed by atoms with Gasteiger partial charge in [0, 0.05) is 19.6 Å². The molecule has 1 saturated heterocycles. The minimum Gasteiger partial charge on any atom is -0.507 e. The molecule has 6 heteroatoms. The van der Waals surface area contributed by atoms with Crippen molar-refractivity contribution in [2.75, 3.05) is 32.8 Å². The van der Waals surface area contributed by atoms with E-state index >= 15 is 0 Å². The molecule has 3 rings (SSSR count). The van der Waals surface area contributed by atoms with Crippen molar-refractivity contribution in [1.29, 1.82) is 0 Å². The molecule has 1 aliphatic rings. The molecule has 1 fully saturated rings. The highest BCUT2D eigenvalue weighted by Crippen LogP contribution is 2.27. The van der Waals surface area contributed by atoms with Crippen LogP contribution in [0.3, 0.4) is 0 Å². The number of morpholine rings is 1. The normalized spacial score (nSPS) is 16.2. The third-order valence-corrected chi connectivity index (χ3v) is 3.65. The summed E-state index contributed by atoms with van der Waals surface area (Å²) < 4.78 is 7.23. The Bertz CT molecular complexity index is 605. The molecule has 2 aromatic rings. The monoisotopic (exact) mass is 288 g/mol. The zero-order valence-electron chi connectivity index (χ0n) is 12.2. The fourth-order valence-electron chi connectivity index (χ4n) is 2.53. The predicted molar refractivity (Wildman–Crippen MR) is 79.1 cm³/mol. The lowest BCUT2D eigenvalue weighted by Gasteiger charge is -2.26. The van der Waals surface area contributed by atoms with Gasteiger partial charge in [-0.25, -0.2) is 9.67 Å². The Kier molecular flexibility index (Phi) is 4.17. The zero-order chi connectivity index (χ0) is 14.7. The third kappa shape index (κ3) is 3.22. The van der Waals surface area contributed by atoms with Crippen LogP contribution in [0, 0.1) is 6.92 Å². The Balaban J connectivity index is 1.78. The predicted octanol–water partition coefficient (Wildman–Crippen LogP) is 1.29. The maximum atomic E-state index is 10.0. The average molecular weight is 288 g/mol. The molecular weight excluding hydrogens is 268 g/mol. The summed E-state index contributed by atoms with van der Waals surface area (Å²) >= 11 is 0. The first-order chi connectivity index (χ1) is 10.2. The van der Waals surface area contributed by atoms with Crippen LogP contribution in [0.5, 0.6) is 5.75 Å². The highest BCUT2D eigenvalue weighted by molar-refractivity contribution is 5.63. The van der Waals surface area contributed by atoms with Crippen molar-refractivity contribution in [3.8, 4) is 17.1 Å². The molecule has 0 amide bonds. The van der Waals surface area contributed by atoms with Gasteiger partial charge in [-0.2, -0.15) is 5.10 Å². The highest BCUT2D eigenvalue weighted by Gasteiger charge is 2.15. The van der Waals surface area contributed by atoms with E-state index in [1.807, 2.05) is 23.7 Å². The fourth-order valence-corrected chi connectivity index (χ4v) is 2.53. The molecule has 0 radical (unpaired) electrons. The quantitative estimate of drug-likeness (QED) is 0.918. The molecule has 0 saturated carbocycles. The number of hydrogen-bond donors (Lipinski definition) is 1. The molecule has 1 N–H and O–H groups in total. The number of hydrogen-bond acceptors (Lipinski definition) is 5. The van der Waals surface area contributed by atoms with Crippen molar-refractivity contribution in [3.05, 3.63) is 30.1 Å². The molecule has 21 heavy (non-hydrogen) atoms. The van der Waals surface area contributed by atoms with Crippen molar-refractivity contribution >= 4 is 0 Å². The molecule has 0 atom stereocenters. The van der Waals surface area contributed by atoms with Crippen LogP contribution in [0.2, 0.25) is 0 Å². The number of rotatable bonds is 4. The summed E-state index contributed by atoms with van der Waals surface area (Å²) in [6.07, 6.45) is 0. The summed E-state index contributed by atoms with van der Waals surface area (Å²) in [5.74, 6) is 1.67. The van der Waals surface area contributed by atoms with E-state index in [-0.39, 0.29) is 5.75 Å². The van der Waals surface area contributed by atoms with Gasteiger partial charge >= 0.3 is 0 Å². The number of para-hydroxylation sites is 1. The standard InChI is InChI=1S/C15H20N4O2/c1-12-16-15(13-4-2-3-5-14(13)20)19(17-12)7-6-18-8-10-21-11-9-18/h2-5,20H,6-11H2,1H3. The molecule has 0 unspecified atom stereocenters. The van der Waals surface area contributed by atoms with Gasteiger partial charge in [-0.1, -0.05) is 12.1 Å². The molecule has 1 aromatic carbocycles. The van der Waals surface area contributed by atoms with Gasteiger partial charge in [0.25, 0.3) is 0 Å². The van der Waals surface area contributed by atoms with Gasteiger partial charge in [0.1, 0.15) is 11.6 Å². The van der Waals surface area contributed by atoms with Crippen LogP contribution >= 0.6 is 0 Å². The first kappa shape index (κ1) is 14.0. The Morgan fingerprint density at radius 1 is 1.19 bits per heavy atom. The number of aryl methyl sites for hydroxylation is 1. The van der Waals surface area contributed by atoms with E-state index in [4.69, 9.17) is 4.74 Å². The Hall–Kier alpha value is -1.92. The van der Waals surface area contributed by atoms with Crippen molar-refractivity contribution in [3.63, 3.8) is 0 Å². The number of benzene rings is 1. The SMILES string of the molecule is Cc1nc(-c2ccccc2O)n(CCN2CCOCC2)n1. The van der Waals surface area contributed by atoms with Gasteiger partial charge in [-0.15, -0.1) is 0 Å². The van der Waals surface area contributed by atoms with Gasteiger partial charge < -0.3 is 9.84 Å². The lowest BCUT2D eigenvalue weighted by molar-refractivity contribution is 0.0360. The van der Waals surface area contributed by atoms with Crippen LogP contribution in [0.1, 0.15) is 5.82 Å². The zero-order valence-corrected chi connectivity index (χ0v) is 12.2. The van der Waals surface area contributed by atoms with Gasteiger partial charge in [-0.3, -0.25) is 4.90 Å². The smallest absolute Gasteiger partial charge is 0.162 e. The summed E-state index contributed by atoms with van der Waals surface area (Å²) in [4.78, 5) is 6.81. The second-order valence-corrected chi connectivity index (χ2v) is 5.18. The van der Waals surface area contributed by atoms with Gasteiger partial charge in [0.15, 0.2) is 5.82 Å².